The van der Waals surface area contributed by atoms with Gasteiger partial charge in [-0.15, -0.1) is 11.1 Å². The van der Waals surface area contributed by atoms with Crippen LogP contribution in [-0.2, 0) is 26.2 Å². The summed E-state index contributed by atoms with van der Waals surface area (Å²) >= 11 is 0. The molecule has 0 saturated heterocycles. The van der Waals surface area contributed by atoms with E-state index in [4.69, 9.17) is 0 Å². The summed E-state index contributed by atoms with van der Waals surface area (Å²) in [6.45, 7) is 4.33. The Labute approximate surface area is 108 Å². The van der Waals surface area contributed by atoms with E-state index in [-0.39, 0.29) is 41.1 Å². The minimum Gasteiger partial charge on any atom is -0.358 e. The summed E-state index contributed by atoms with van der Waals surface area (Å²) in [6.07, 6.45) is 5.41. The van der Waals surface area contributed by atoms with Crippen molar-refractivity contribution in [1.29, 1.82) is 0 Å². The summed E-state index contributed by atoms with van der Waals surface area (Å²) in [6, 6.07) is 6.45. The molecule has 0 aliphatic heterocycles. The van der Waals surface area contributed by atoms with E-state index in [2.05, 4.69) is 44.2 Å². The van der Waals surface area contributed by atoms with Crippen molar-refractivity contribution in [3.63, 3.8) is 0 Å². The monoisotopic (exact) mass is 263 g/mol. The smallest absolute Gasteiger partial charge is 0.358 e. The first-order valence-electron chi connectivity index (χ1n) is 3.98. The third kappa shape index (κ3) is 2.67. The summed E-state index contributed by atoms with van der Waals surface area (Å²) in [4.78, 5) is 0. The molecule has 0 bridgehead atoms. The van der Waals surface area contributed by atoms with Crippen molar-refractivity contribution in [2.24, 2.45) is 0 Å². The summed E-state index contributed by atoms with van der Waals surface area (Å²) < 4.78 is 0. The standard InChI is InChI=1S/C11H11.2CH3.Zr/c1-8-4-3-5-10-9(2)6-7-11(8)10;;;/h3-5,7,9H,1-2H3;2*1H3;/q3*-1;+3. The summed E-state index contributed by atoms with van der Waals surface area (Å²) in [5.74, 6) is 0.491. The summed E-state index contributed by atoms with van der Waals surface area (Å²) in [5, 5.41) is 0. The van der Waals surface area contributed by atoms with Crippen LogP contribution in [0, 0.1) is 27.9 Å². The molecule has 0 N–H and O–H groups in total. The van der Waals surface area contributed by atoms with E-state index in [1.807, 2.05) is 0 Å². The Morgan fingerprint density at radius 2 is 1.86 bits per heavy atom. The van der Waals surface area contributed by atoms with Crippen LogP contribution in [0.5, 0.6) is 0 Å². The van der Waals surface area contributed by atoms with E-state index in [1.165, 1.54) is 16.7 Å². The molecule has 0 amide bonds. The Morgan fingerprint density at radius 3 is 2.43 bits per heavy atom. The molecular formula is C13H17Zr. The third-order valence-electron chi connectivity index (χ3n) is 2.30. The van der Waals surface area contributed by atoms with Crippen LogP contribution in [0.15, 0.2) is 18.2 Å². The van der Waals surface area contributed by atoms with Gasteiger partial charge in [0.2, 0.25) is 0 Å². The van der Waals surface area contributed by atoms with Crippen molar-refractivity contribution < 1.29 is 26.2 Å². The SMILES string of the molecule is Cc1cccc2c1C=[C-]C2C.[CH3-].[CH3-].[Zr+3]. The zero-order valence-corrected chi connectivity index (χ0v) is 11.8. The molecule has 1 aliphatic rings. The van der Waals surface area contributed by atoms with E-state index in [1.54, 1.807) is 0 Å². The molecule has 0 spiro atoms. The Kier molecular flexibility index (Phi) is 7.38. The molecule has 0 heterocycles. The zero-order valence-electron chi connectivity index (χ0n) is 9.39. The number of hydrogen-bond donors (Lipinski definition) is 0. The van der Waals surface area contributed by atoms with Crippen LogP contribution in [0.1, 0.15) is 29.5 Å². The van der Waals surface area contributed by atoms with E-state index in [9.17, 15) is 0 Å². The topological polar surface area (TPSA) is 0 Å². The normalized spacial score (nSPS) is 16.0. The second-order valence-electron chi connectivity index (χ2n) is 3.11. The molecule has 0 saturated carbocycles. The number of fused-ring (bicyclic) bond motifs is 1. The molecule has 2 rings (SSSR count). The van der Waals surface area contributed by atoms with Gasteiger partial charge in [0, 0.05) is 0 Å². The van der Waals surface area contributed by atoms with Crippen molar-refractivity contribution >= 4 is 6.08 Å². The first-order chi connectivity index (χ1) is 5.29. The van der Waals surface area contributed by atoms with Crippen LogP contribution in [0.25, 0.3) is 6.08 Å². The number of benzene rings is 1. The Morgan fingerprint density at radius 1 is 1.21 bits per heavy atom. The van der Waals surface area contributed by atoms with Crippen LogP contribution < -0.4 is 0 Å². The predicted octanol–water partition coefficient (Wildman–Crippen LogP) is 3.83. The van der Waals surface area contributed by atoms with Crippen molar-refractivity contribution in [2.45, 2.75) is 19.8 Å². The fourth-order valence-corrected chi connectivity index (χ4v) is 1.58. The van der Waals surface area contributed by atoms with Gasteiger partial charge in [0.05, 0.1) is 0 Å². The Bertz CT molecular complexity index is 313. The maximum Gasteiger partial charge on any atom is 3.00 e. The van der Waals surface area contributed by atoms with Crippen LogP contribution in [-0.4, -0.2) is 0 Å². The van der Waals surface area contributed by atoms with Crippen LogP contribution in [0.4, 0.5) is 0 Å². The Balaban J connectivity index is 0. The van der Waals surface area contributed by atoms with Gasteiger partial charge < -0.3 is 14.9 Å². The average molecular weight is 265 g/mol. The third-order valence-corrected chi connectivity index (χ3v) is 2.30. The maximum atomic E-state index is 3.30. The van der Waals surface area contributed by atoms with Crippen molar-refractivity contribution in [1.82, 2.24) is 0 Å². The summed E-state index contributed by atoms with van der Waals surface area (Å²) in [7, 11) is 0. The van der Waals surface area contributed by atoms with Gasteiger partial charge in [-0.25, -0.2) is 6.08 Å². The van der Waals surface area contributed by atoms with E-state index in [0.717, 1.165) is 0 Å². The van der Waals surface area contributed by atoms with Gasteiger partial charge in [-0.1, -0.05) is 38.0 Å². The number of allylic oxidation sites excluding steroid dienone is 1. The van der Waals surface area contributed by atoms with Gasteiger partial charge in [-0.2, -0.15) is 5.56 Å². The Hall–Kier alpha value is -0.157. The molecule has 14 heavy (non-hydrogen) atoms. The minimum atomic E-state index is 0. The average Bonchev–Trinajstić information content (AvgIpc) is 2.35. The van der Waals surface area contributed by atoms with Gasteiger partial charge in [0.1, 0.15) is 0 Å². The molecule has 1 aliphatic carbocycles. The molecule has 0 nitrogen and oxygen atoms in total. The van der Waals surface area contributed by atoms with Gasteiger partial charge in [-0.05, 0) is 0 Å². The molecule has 1 aromatic rings. The molecule has 1 radical (unpaired) electrons. The van der Waals surface area contributed by atoms with Crippen molar-refractivity contribution in [2.75, 3.05) is 0 Å². The first-order valence-corrected chi connectivity index (χ1v) is 3.98. The second kappa shape index (κ2) is 6.35. The quantitative estimate of drug-likeness (QED) is 0.625. The van der Waals surface area contributed by atoms with Gasteiger partial charge in [0.25, 0.3) is 0 Å². The summed E-state index contributed by atoms with van der Waals surface area (Å²) in [5.41, 5.74) is 4.16. The largest absolute Gasteiger partial charge is 3.00 e. The first kappa shape index (κ1) is 16.3. The van der Waals surface area contributed by atoms with Gasteiger partial charge in [0.15, 0.2) is 0 Å². The van der Waals surface area contributed by atoms with Crippen molar-refractivity contribution in [3.8, 4) is 0 Å². The van der Waals surface area contributed by atoms with E-state index < -0.39 is 0 Å². The molecule has 1 atom stereocenters. The van der Waals surface area contributed by atoms with Crippen molar-refractivity contribution in [3.05, 3.63) is 55.8 Å². The molecule has 1 heteroatoms. The second-order valence-corrected chi connectivity index (χ2v) is 3.11. The molecule has 0 aromatic heterocycles. The molecule has 0 fully saturated rings. The number of aryl methyl sites for hydroxylation is 1. The van der Waals surface area contributed by atoms with Crippen LogP contribution >= 0.6 is 0 Å². The van der Waals surface area contributed by atoms with Gasteiger partial charge in [-0.3, -0.25) is 6.08 Å². The fraction of sp³-hybridized carbons (Fsp3) is 0.231. The number of rotatable bonds is 0. The molecule has 1 unspecified atom stereocenters. The molecule has 73 valence electrons. The molecular weight excluding hydrogens is 247 g/mol. The number of hydrogen-bond acceptors (Lipinski definition) is 0. The zero-order chi connectivity index (χ0) is 7.84. The molecule has 1 aromatic carbocycles. The van der Waals surface area contributed by atoms with Gasteiger partial charge >= 0.3 is 26.2 Å². The maximum absolute atomic E-state index is 3.30. The van der Waals surface area contributed by atoms with Crippen LogP contribution in [0.2, 0.25) is 0 Å². The van der Waals surface area contributed by atoms with Crippen LogP contribution in [0.3, 0.4) is 0 Å². The minimum absolute atomic E-state index is 0. The fourth-order valence-electron chi connectivity index (χ4n) is 1.58. The van der Waals surface area contributed by atoms with E-state index >= 15 is 0 Å². The predicted molar refractivity (Wildman–Crippen MR) is 60.1 cm³/mol. The van der Waals surface area contributed by atoms with E-state index in [0.29, 0.717) is 5.92 Å².